The van der Waals surface area contributed by atoms with Crippen LogP contribution in [-0.4, -0.2) is 34.0 Å². The van der Waals surface area contributed by atoms with Crippen molar-refractivity contribution in [2.75, 3.05) is 18.5 Å². The third-order valence-electron chi connectivity index (χ3n) is 3.71. The lowest BCUT2D eigenvalue weighted by molar-refractivity contribution is 0.0905. The molecule has 3 rings (SSSR count). The van der Waals surface area contributed by atoms with E-state index >= 15 is 0 Å². The van der Waals surface area contributed by atoms with E-state index in [1.165, 1.54) is 5.39 Å². The van der Waals surface area contributed by atoms with Gasteiger partial charge in [0.25, 0.3) is 0 Å². The number of hydrogen-bond acceptors (Lipinski definition) is 4. The maximum Gasteiger partial charge on any atom is 0.159 e. The number of rotatable bonds is 3. The molecule has 0 radical (unpaired) electrons. The lowest BCUT2D eigenvalue weighted by atomic mass is 10.1. The Kier molecular flexibility index (Phi) is 3.38. The Morgan fingerprint density at radius 2 is 2.21 bits per heavy atom. The number of anilines is 1. The Balaban J connectivity index is 1.97. The summed E-state index contributed by atoms with van der Waals surface area (Å²) in [6.07, 6.45) is 4.90. The first-order valence-electron chi connectivity index (χ1n) is 6.94. The summed E-state index contributed by atoms with van der Waals surface area (Å²) in [6.45, 7) is 3.83. The van der Waals surface area contributed by atoms with E-state index in [0.717, 1.165) is 49.5 Å². The highest BCUT2D eigenvalue weighted by molar-refractivity contribution is 5.91. The van der Waals surface area contributed by atoms with Crippen LogP contribution in [0.3, 0.4) is 0 Å². The van der Waals surface area contributed by atoms with Crippen LogP contribution in [0.1, 0.15) is 25.5 Å². The number of aromatic nitrogens is 3. The fourth-order valence-corrected chi connectivity index (χ4v) is 2.69. The molecule has 0 amide bonds. The van der Waals surface area contributed by atoms with Crippen LogP contribution < -0.4 is 5.32 Å². The van der Waals surface area contributed by atoms with Gasteiger partial charge in [-0.05, 0) is 25.3 Å². The summed E-state index contributed by atoms with van der Waals surface area (Å²) in [4.78, 5) is 4.44. The quantitative estimate of drug-likeness (QED) is 0.918. The second-order valence-corrected chi connectivity index (χ2v) is 5.01. The van der Waals surface area contributed by atoms with Crippen molar-refractivity contribution in [3.63, 3.8) is 0 Å². The largest absolute Gasteiger partial charge is 0.381 e. The number of hydrogen-bond donors (Lipinski definition) is 1. The van der Waals surface area contributed by atoms with Crippen LogP contribution in [0, 0.1) is 0 Å². The molecule has 0 bridgehead atoms. The molecule has 0 unspecified atom stereocenters. The van der Waals surface area contributed by atoms with Gasteiger partial charge in [-0.3, -0.25) is 4.68 Å². The smallest absolute Gasteiger partial charge is 0.159 e. The van der Waals surface area contributed by atoms with Crippen molar-refractivity contribution in [3.8, 4) is 0 Å². The van der Waals surface area contributed by atoms with Crippen molar-refractivity contribution in [2.45, 2.75) is 32.2 Å². The predicted octanol–water partition coefficient (Wildman–Crippen LogP) is 2.12. The lowest BCUT2D eigenvalue weighted by Gasteiger charge is -2.24. The SMILES string of the molecule is CCc1nn(C)c2nccc(NC3CCOCC3)c12. The summed E-state index contributed by atoms with van der Waals surface area (Å²) >= 11 is 0. The highest BCUT2D eigenvalue weighted by Gasteiger charge is 2.17. The Morgan fingerprint density at radius 3 is 2.95 bits per heavy atom. The van der Waals surface area contributed by atoms with Crippen LogP contribution in [0.25, 0.3) is 11.0 Å². The third kappa shape index (κ3) is 2.30. The highest BCUT2D eigenvalue weighted by Crippen LogP contribution is 2.27. The second kappa shape index (κ2) is 5.17. The zero-order chi connectivity index (χ0) is 13.2. The standard InChI is InChI=1S/C14H20N4O/c1-3-11-13-12(16-10-5-8-19-9-6-10)4-7-15-14(13)18(2)17-11/h4,7,10H,3,5-6,8-9H2,1-2H3,(H,15,16). The number of nitrogens with zero attached hydrogens (tertiary/aromatic N) is 3. The summed E-state index contributed by atoms with van der Waals surface area (Å²) in [5.74, 6) is 0. The molecule has 1 aliphatic heterocycles. The van der Waals surface area contributed by atoms with E-state index in [1.807, 2.05) is 17.9 Å². The van der Waals surface area contributed by atoms with Gasteiger partial charge in [0.15, 0.2) is 5.65 Å². The van der Waals surface area contributed by atoms with Gasteiger partial charge in [-0.1, -0.05) is 6.92 Å². The molecule has 1 fully saturated rings. The Hall–Kier alpha value is -1.62. The van der Waals surface area contributed by atoms with Gasteiger partial charge in [-0.25, -0.2) is 4.98 Å². The molecule has 5 nitrogen and oxygen atoms in total. The van der Waals surface area contributed by atoms with Crippen molar-refractivity contribution >= 4 is 16.7 Å². The zero-order valence-corrected chi connectivity index (χ0v) is 11.5. The minimum absolute atomic E-state index is 0.490. The second-order valence-electron chi connectivity index (χ2n) is 5.01. The summed E-state index contributed by atoms with van der Waals surface area (Å²) in [5.41, 5.74) is 3.22. The van der Waals surface area contributed by atoms with E-state index in [0.29, 0.717) is 6.04 Å². The molecule has 102 valence electrons. The van der Waals surface area contributed by atoms with Gasteiger partial charge in [0.2, 0.25) is 0 Å². The van der Waals surface area contributed by atoms with Crippen LogP contribution in [0.5, 0.6) is 0 Å². The lowest BCUT2D eigenvalue weighted by Crippen LogP contribution is -2.27. The summed E-state index contributed by atoms with van der Waals surface area (Å²) < 4.78 is 7.27. The van der Waals surface area contributed by atoms with E-state index in [4.69, 9.17) is 4.74 Å². The predicted molar refractivity (Wildman–Crippen MR) is 75.4 cm³/mol. The molecule has 0 atom stereocenters. The van der Waals surface area contributed by atoms with Crippen molar-refractivity contribution in [1.29, 1.82) is 0 Å². The Labute approximate surface area is 113 Å². The van der Waals surface area contributed by atoms with Crippen LogP contribution in [0.2, 0.25) is 0 Å². The van der Waals surface area contributed by atoms with Gasteiger partial charge in [-0.2, -0.15) is 5.10 Å². The molecule has 0 spiro atoms. The maximum atomic E-state index is 5.41. The van der Waals surface area contributed by atoms with E-state index in [2.05, 4.69) is 28.4 Å². The average molecular weight is 260 g/mol. The van der Waals surface area contributed by atoms with Crippen molar-refractivity contribution in [3.05, 3.63) is 18.0 Å². The van der Waals surface area contributed by atoms with Crippen LogP contribution >= 0.6 is 0 Å². The number of ether oxygens (including phenoxy) is 1. The topological polar surface area (TPSA) is 52.0 Å². The maximum absolute atomic E-state index is 5.41. The molecule has 0 aromatic carbocycles. The first-order valence-corrected chi connectivity index (χ1v) is 6.94. The number of aryl methyl sites for hydroxylation is 2. The normalized spacial score (nSPS) is 16.9. The van der Waals surface area contributed by atoms with Crippen LogP contribution in [0.4, 0.5) is 5.69 Å². The van der Waals surface area contributed by atoms with E-state index in [9.17, 15) is 0 Å². The molecule has 3 heterocycles. The molecule has 1 saturated heterocycles. The van der Waals surface area contributed by atoms with E-state index < -0.39 is 0 Å². The number of fused-ring (bicyclic) bond motifs is 1. The summed E-state index contributed by atoms with van der Waals surface area (Å²) in [6, 6.07) is 2.54. The van der Waals surface area contributed by atoms with E-state index in [-0.39, 0.29) is 0 Å². The van der Waals surface area contributed by atoms with Gasteiger partial charge in [0.1, 0.15) is 0 Å². The molecule has 0 aliphatic carbocycles. The van der Waals surface area contributed by atoms with Gasteiger partial charge in [0, 0.05) is 38.2 Å². The Bertz CT molecular complexity index is 572. The van der Waals surface area contributed by atoms with Gasteiger partial charge in [-0.15, -0.1) is 0 Å². The summed E-state index contributed by atoms with van der Waals surface area (Å²) in [5, 5.41) is 9.36. The van der Waals surface area contributed by atoms with Gasteiger partial charge in [0.05, 0.1) is 11.1 Å². The molecule has 19 heavy (non-hydrogen) atoms. The monoisotopic (exact) mass is 260 g/mol. The summed E-state index contributed by atoms with van der Waals surface area (Å²) in [7, 11) is 1.95. The molecule has 5 heteroatoms. The fourth-order valence-electron chi connectivity index (χ4n) is 2.69. The number of pyridine rings is 1. The van der Waals surface area contributed by atoms with Crippen LogP contribution in [0.15, 0.2) is 12.3 Å². The minimum atomic E-state index is 0.490. The molecule has 1 N–H and O–H groups in total. The van der Waals surface area contributed by atoms with E-state index in [1.54, 1.807) is 0 Å². The zero-order valence-electron chi connectivity index (χ0n) is 11.5. The average Bonchev–Trinajstić information content (AvgIpc) is 2.78. The van der Waals surface area contributed by atoms with Gasteiger partial charge < -0.3 is 10.1 Å². The Morgan fingerprint density at radius 1 is 1.42 bits per heavy atom. The van der Waals surface area contributed by atoms with Crippen LogP contribution in [-0.2, 0) is 18.2 Å². The molecule has 0 saturated carbocycles. The first-order chi connectivity index (χ1) is 9.29. The first kappa shape index (κ1) is 12.4. The van der Waals surface area contributed by atoms with Crippen molar-refractivity contribution < 1.29 is 4.74 Å². The molecular weight excluding hydrogens is 240 g/mol. The minimum Gasteiger partial charge on any atom is -0.381 e. The number of nitrogens with one attached hydrogen (secondary N) is 1. The fraction of sp³-hybridized carbons (Fsp3) is 0.571. The van der Waals surface area contributed by atoms with Gasteiger partial charge >= 0.3 is 0 Å². The molecule has 2 aromatic rings. The third-order valence-corrected chi connectivity index (χ3v) is 3.71. The van der Waals surface area contributed by atoms with Crippen molar-refractivity contribution in [2.24, 2.45) is 7.05 Å². The molecule has 1 aliphatic rings. The molecule has 2 aromatic heterocycles. The van der Waals surface area contributed by atoms with Crippen molar-refractivity contribution in [1.82, 2.24) is 14.8 Å². The molecular formula is C14H20N4O. The highest BCUT2D eigenvalue weighted by atomic mass is 16.5.